The molecule has 0 spiro atoms. The Labute approximate surface area is 157 Å². The molecule has 0 radical (unpaired) electrons. The Bertz CT molecular complexity index is 1270. The zero-order chi connectivity index (χ0) is 18.4. The van der Waals surface area contributed by atoms with E-state index >= 15 is 0 Å². The molecule has 0 aliphatic carbocycles. The minimum Gasteiger partial charge on any atom is -0.360 e. The van der Waals surface area contributed by atoms with Crippen molar-refractivity contribution in [3.63, 3.8) is 0 Å². The number of benzene rings is 2. The van der Waals surface area contributed by atoms with Gasteiger partial charge in [-0.25, -0.2) is 9.67 Å². The average Bonchev–Trinajstić information content (AvgIpc) is 3.37. The van der Waals surface area contributed by atoms with Crippen LogP contribution in [0.25, 0.3) is 26.3 Å². The summed E-state index contributed by atoms with van der Waals surface area (Å²) in [5, 5.41) is 12.5. The first kappa shape index (κ1) is 15.7. The van der Waals surface area contributed by atoms with Crippen molar-refractivity contribution in [1.82, 2.24) is 19.9 Å². The standard InChI is InChI=1S/C19H13N5O2S/c1-11-10-16(23-26-11)21-18(25)17-12-6-2-4-8-14(12)24(22-17)19-20-13-7-3-5-9-15(13)27-19/h2-10H,1H3,(H,21,23,25). The van der Waals surface area contributed by atoms with Gasteiger partial charge in [0.1, 0.15) is 5.76 Å². The van der Waals surface area contributed by atoms with Crippen LogP contribution < -0.4 is 5.32 Å². The zero-order valence-corrected chi connectivity index (χ0v) is 15.0. The van der Waals surface area contributed by atoms with Gasteiger partial charge in [-0.1, -0.05) is 46.8 Å². The summed E-state index contributed by atoms with van der Waals surface area (Å²) in [7, 11) is 0. The number of hydrogen-bond donors (Lipinski definition) is 1. The second-order valence-electron chi connectivity index (χ2n) is 6.02. The quantitative estimate of drug-likeness (QED) is 0.511. The molecule has 3 heterocycles. The Morgan fingerprint density at radius 2 is 1.96 bits per heavy atom. The van der Waals surface area contributed by atoms with Gasteiger partial charge in [0.2, 0.25) is 5.13 Å². The molecule has 7 nitrogen and oxygen atoms in total. The van der Waals surface area contributed by atoms with Crippen LogP contribution in [0.5, 0.6) is 0 Å². The second kappa shape index (κ2) is 6.03. The predicted octanol–water partition coefficient (Wildman–Crippen LogP) is 4.18. The van der Waals surface area contributed by atoms with Crippen LogP contribution in [0.15, 0.2) is 59.1 Å². The van der Waals surface area contributed by atoms with Crippen molar-refractivity contribution in [3.8, 4) is 5.13 Å². The summed E-state index contributed by atoms with van der Waals surface area (Å²) in [5.74, 6) is 0.630. The zero-order valence-electron chi connectivity index (χ0n) is 14.2. The third kappa shape index (κ3) is 2.67. The number of hydrogen-bond acceptors (Lipinski definition) is 6. The highest BCUT2D eigenvalue weighted by molar-refractivity contribution is 7.20. The molecule has 0 saturated carbocycles. The maximum absolute atomic E-state index is 12.8. The summed E-state index contributed by atoms with van der Waals surface area (Å²) in [6.07, 6.45) is 0. The van der Waals surface area contributed by atoms with Crippen LogP contribution in [0.2, 0.25) is 0 Å². The van der Waals surface area contributed by atoms with Crippen LogP contribution in [-0.4, -0.2) is 25.8 Å². The highest BCUT2D eigenvalue weighted by Gasteiger charge is 2.20. The minimum absolute atomic E-state index is 0.311. The van der Waals surface area contributed by atoms with E-state index in [1.807, 2.05) is 48.5 Å². The van der Waals surface area contributed by atoms with Crippen LogP contribution in [0, 0.1) is 6.92 Å². The molecule has 2 aromatic carbocycles. The number of amides is 1. The summed E-state index contributed by atoms with van der Waals surface area (Å²) in [5.41, 5.74) is 2.03. The number of carbonyl (C=O) groups is 1. The van der Waals surface area contributed by atoms with E-state index in [0.717, 1.165) is 21.1 Å². The van der Waals surface area contributed by atoms with Gasteiger partial charge in [-0.15, -0.1) is 0 Å². The van der Waals surface area contributed by atoms with Crippen molar-refractivity contribution in [1.29, 1.82) is 0 Å². The third-order valence-electron chi connectivity index (χ3n) is 4.14. The molecule has 5 rings (SSSR count). The summed E-state index contributed by atoms with van der Waals surface area (Å²) in [4.78, 5) is 17.4. The van der Waals surface area contributed by atoms with Crippen LogP contribution in [0.1, 0.15) is 16.2 Å². The van der Waals surface area contributed by atoms with E-state index in [1.54, 1.807) is 17.7 Å². The van der Waals surface area contributed by atoms with E-state index in [1.165, 1.54) is 11.3 Å². The molecule has 132 valence electrons. The van der Waals surface area contributed by atoms with Crippen LogP contribution in [0.4, 0.5) is 5.82 Å². The molecule has 1 N–H and O–H groups in total. The monoisotopic (exact) mass is 375 g/mol. The van der Waals surface area contributed by atoms with Crippen molar-refractivity contribution in [2.45, 2.75) is 6.92 Å². The number of anilines is 1. The van der Waals surface area contributed by atoms with Gasteiger partial charge in [0.15, 0.2) is 11.5 Å². The van der Waals surface area contributed by atoms with Gasteiger partial charge >= 0.3 is 0 Å². The van der Waals surface area contributed by atoms with Gasteiger partial charge in [0.25, 0.3) is 5.91 Å². The third-order valence-corrected chi connectivity index (χ3v) is 5.15. The van der Waals surface area contributed by atoms with Crippen molar-refractivity contribution in [2.75, 3.05) is 5.32 Å². The number of para-hydroxylation sites is 2. The van der Waals surface area contributed by atoms with E-state index in [4.69, 9.17) is 4.52 Å². The highest BCUT2D eigenvalue weighted by atomic mass is 32.1. The summed E-state index contributed by atoms with van der Waals surface area (Å²) in [6, 6.07) is 17.1. The number of nitrogens with one attached hydrogen (secondary N) is 1. The van der Waals surface area contributed by atoms with E-state index in [-0.39, 0.29) is 5.91 Å². The van der Waals surface area contributed by atoms with E-state index < -0.39 is 0 Å². The van der Waals surface area contributed by atoms with E-state index in [2.05, 4.69) is 20.6 Å². The fraction of sp³-hybridized carbons (Fsp3) is 0.0526. The first-order chi connectivity index (χ1) is 13.2. The van der Waals surface area contributed by atoms with Crippen LogP contribution in [0.3, 0.4) is 0 Å². The number of aromatic nitrogens is 4. The SMILES string of the molecule is Cc1cc(NC(=O)c2nn(-c3nc4ccccc4s3)c3ccccc23)no1. The predicted molar refractivity (Wildman–Crippen MR) is 103 cm³/mol. The van der Waals surface area contributed by atoms with Gasteiger partial charge in [-0.05, 0) is 25.1 Å². The molecule has 0 aliphatic heterocycles. The summed E-state index contributed by atoms with van der Waals surface area (Å²) in [6.45, 7) is 1.76. The molecule has 0 atom stereocenters. The van der Waals surface area contributed by atoms with Gasteiger partial charge in [-0.3, -0.25) is 4.79 Å². The van der Waals surface area contributed by atoms with Crippen molar-refractivity contribution in [2.24, 2.45) is 0 Å². The molecule has 0 unspecified atom stereocenters. The molecule has 3 aromatic heterocycles. The van der Waals surface area contributed by atoms with Crippen molar-refractivity contribution in [3.05, 3.63) is 66.1 Å². The Kier molecular flexibility index (Phi) is 3.51. The molecule has 0 bridgehead atoms. The topological polar surface area (TPSA) is 85.8 Å². The molecule has 8 heteroatoms. The summed E-state index contributed by atoms with van der Waals surface area (Å²) < 4.78 is 7.78. The van der Waals surface area contributed by atoms with Gasteiger partial charge in [0, 0.05) is 11.5 Å². The molecule has 5 aromatic rings. The lowest BCUT2D eigenvalue weighted by molar-refractivity contribution is 0.102. The lowest BCUT2D eigenvalue weighted by Crippen LogP contribution is -2.13. The van der Waals surface area contributed by atoms with Gasteiger partial charge in [0.05, 0.1) is 15.7 Å². The Hall–Kier alpha value is -3.52. The van der Waals surface area contributed by atoms with E-state index in [9.17, 15) is 4.79 Å². The number of aryl methyl sites for hydroxylation is 1. The molecular weight excluding hydrogens is 362 g/mol. The van der Waals surface area contributed by atoms with Gasteiger partial charge < -0.3 is 9.84 Å². The lowest BCUT2D eigenvalue weighted by atomic mass is 10.2. The molecule has 1 amide bonds. The van der Waals surface area contributed by atoms with Crippen LogP contribution in [-0.2, 0) is 0 Å². The largest absolute Gasteiger partial charge is 0.360 e. The number of nitrogens with zero attached hydrogens (tertiary/aromatic N) is 4. The summed E-state index contributed by atoms with van der Waals surface area (Å²) >= 11 is 1.53. The normalized spacial score (nSPS) is 11.3. The molecule has 0 saturated heterocycles. The molecular formula is C19H13N5O2S. The van der Waals surface area contributed by atoms with Gasteiger partial charge in [-0.2, -0.15) is 5.10 Å². The molecule has 0 fully saturated rings. The first-order valence-corrected chi connectivity index (χ1v) is 9.09. The fourth-order valence-corrected chi connectivity index (χ4v) is 3.86. The second-order valence-corrected chi connectivity index (χ2v) is 7.03. The first-order valence-electron chi connectivity index (χ1n) is 8.27. The fourth-order valence-electron chi connectivity index (χ4n) is 2.93. The maximum atomic E-state index is 12.8. The maximum Gasteiger partial charge on any atom is 0.278 e. The number of rotatable bonds is 3. The Morgan fingerprint density at radius 1 is 1.15 bits per heavy atom. The van der Waals surface area contributed by atoms with Crippen LogP contribution >= 0.6 is 11.3 Å². The number of fused-ring (bicyclic) bond motifs is 2. The Balaban J connectivity index is 1.62. The lowest BCUT2D eigenvalue weighted by Gasteiger charge is -1.97. The number of carbonyl (C=O) groups excluding carboxylic acids is 1. The van der Waals surface area contributed by atoms with Crippen molar-refractivity contribution >= 4 is 44.2 Å². The average molecular weight is 375 g/mol. The minimum atomic E-state index is -0.348. The van der Waals surface area contributed by atoms with E-state index in [0.29, 0.717) is 22.4 Å². The highest BCUT2D eigenvalue weighted by Crippen LogP contribution is 2.28. The van der Waals surface area contributed by atoms with Crippen molar-refractivity contribution < 1.29 is 9.32 Å². The molecule has 0 aliphatic rings. The number of thiazole rings is 1. The Morgan fingerprint density at radius 3 is 2.78 bits per heavy atom. The molecule has 27 heavy (non-hydrogen) atoms. The smallest absolute Gasteiger partial charge is 0.278 e.